The largest absolute Gasteiger partial charge is 0.507 e. The third kappa shape index (κ3) is 4.66. The maximum absolute atomic E-state index is 12.2. The molecule has 0 unspecified atom stereocenters. The lowest BCUT2D eigenvalue weighted by molar-refractivity contribution is -0.384. The second kappa shape index (κ2) is 8.49. The number of benzene rings is 2. The van der Waals surface area contributed by atoms with Crippen molar-refractivity contribution < 1.29 is 19.9 Å². The summed E-state index contributed by atoms with van der Waals surface area (Å²) >= 11 is 4.45. The number of nitro benzene ring substituents is 1. The molecular formula is C17H14BrN5O5S. The Labute approximate surface area is 176 Å². The van der Waals surface area contributed by atoms with E-state index in [2.05, 4.69) is 31.4 Å². The van der Waals surface area contributed by atoms with Gasteiger partial charge in [0.2, 0.25) is 5.91 Å². The van der Waals surface area contributed by atoms with E-state index in [-0.39, 0.29) is 22.9 Å². The molecule has 0 aliphatic carbocycles. The minimum atomic E-state index is -0.643. The number of non-ortho nitro benzene ring substituents is 1. The van der Waals surface area contributed by atoms with E-state index in [1.54, 1.807) is 23.7 Å². The lowest BCUT2D eigenvalue weighted by Crippen LogP contribution is -2.14. The summed E-state index contributed by atoms with van der Waals surface area (Å²) in [6.07, 6.45) is 0. The van der Waals surface area contributed by atoms with Crippen LogP contribution in [0.25, 0.3) is 11.4 Å². The van der Waals surface area contributed by atoms with Crippen molar-refractivity contribution in [2.75, 3.05) is 11.1 Å². The van der Waals surface area contributed by atoms with E-state index in [1.807, 2.05) is 0 Å². The summed E-state index contributed by atoms with van der Waals surface area (Å²) in [6, 6.07) is 8.34. The third-order valence-corrected chi connectivity index (χ3v) is 5.35. The van der Waals surface area contributed by atoms with Gasteiger partial charge in [-0.25, -0.2) is 0 Å². The molecule has 150 valence electrons. The number of nitrogens with one attached hydrogen (secondary N) is 1. The van der Waals surface area contributed by atoms with Crippen LogP contribution in [0, 0.1) is 10.1 Å². The average Bonchev–Trinajstić information content (AvgIpc) is 3.04. The molecular weight excluding hydrogens is 466 g/mol. The van der Waals surface area contributed by atoms with Gasteiger partial charge in [-0.3, -0.25) is 14.9 Å². The Balaban J connectivity index is 1.68. The monoisotopic (exact) mass is 479 g/mol. The Kier molecular flexibility index (Phi) is 6.03. The van der Waals surface area contributed by atoms with Crippen molar-refractivity contribution in [3.8, 4) is 22.9 Å². The van der Waals surface area contributed by atoms with E-state index in [0.29, 0.717) is 16.5 Å². The number of amides is 1. The molecule has 3 N–H and O–H groups in total. The first-order valence-electron chi connectivity index (χ1n) is 8.04. The van der Waals surface area contributed by atoms with E-state index in [4.69, 9.17) is 0 Å². The lowest BCUT2D eigenvalue weighted by Gasteiger charge is -2.08. The van der Waals surface area contributed by atoms with Crippen LogP contribution in [0.3, 0.4) is 0 Å². The highest BCUT2D eigenvalue weighted by Gasteiger charge is 2.17. The molecule has 0 radical (unpaired) electrons. The number of phenols is 2. The van der Waals surface area contributed by atoms with Crippen molar-refractivity contribution in [1.82, 2.24) is 14.8 Å². The highest BCUT2D eigenvalue weighted by atomic mass is 79.9. The Morgan fingerprint density at radius 2 is 2.00 bits per heavy atom. The van der Waals surface area contributed by atoms with Gasteiger partial charge in [-0.1, -0.05) is 27.7 Å². The summed E-state index contributed by atoms with van der Waals surface area (Å²) in [5.41, 5.74) is 0.276. The highest BCUT2D eigenvalue weighted by molar-refractivity contribution is 9.10. The number of hydrogen-bond donors (Lipinski definition) is 3. The predicted octanol–water partition coefficient (Wildman–Crippen LogP) is 3.29. The first-order chi connectivity index (χ1) is 13.8. The first-order valence-corrected chi connectivity index (χ1v) is 9.82. The van der Waals surface area contributed by atoms with Gasteiger partial charge in [0.05, 0.1) is 28.0 Å². The van der Waals surface area contributed by atoms with Crippen LogP contribution >= 0.6 is 27.7 Å². The number of carbonyl (C=O) groups excluding carboxylic acids is 1. The van der Waals surface area contributed by atoms with Crippen LogP contribution in [0.1, 0.15) is 0 Å². The molecule has 0 bridgehead atoms. The summed E-state index contributed by atoms with van der Waals surface area (Å²) in [7, 11) is 1.71. The zero-order chi connectivity index (χ0) is 21.1. The van der Waals surface area contributed by atoms with Gasteiger partial charge >= 0.3 is 0 Å². The number of phenolic OH excluding ortho intramolecular Hbond substituents is 2. The zero-order valence-electron chi connectivity index (χ0n) is 14.9. The number of halogens is 1. The van der Waals surface area contributed by atoms with Gasteiger partial charge in [0.1, 0.15) is 11.5 Å². The molecule has 1 heterocycles. The Hall–Kier alpha value is -3.12. The Morgan fingerprint density at radius 3 is 2.69 bits per heavy atom. The molecule has 1 aromatic heterocycles. The van der Waals surface area contributed by atoms with Crippen LogP contribution in [0.15, 0.2) is 46.0 Å². The molecule has 0 saturated carbocycles. The van der Waals surface area contributed by atoms with E-state index >= 15 is 0 Å². The molecule has 10 nitrogen and oxygen atoms in total. The molecule has 0 aliphatic rings. The standard InChI is InChI=1S/C17H14BrN5O5S/c1-22-16(11-6-9(18)2-5-13(11)24)20-21-17(22)29-8-15(26)19-12-4-3-10(23(27)28)7-14(12)25/h2-7,24-25H,8H2,1H3,(H,19,26). The SMILES string of the molecule is Cn1c(SCC(=O)Nc2ccc([N+](=O)[O-])cc2O)nnc1-c1cc(Br)ccc1O. The van der Waals surface area contributed by atoms with Crippen LogP contribution in [0.5, 0.6) is 11.5 Å². The number of nitrogens with zero attached hydrogens (tertiary/aromatic N) is 4. The van der Waals surface area contributed by atoms with Gasteiger partial charge in [-0.15, -0.1) is 10.2 Å². The molecule has 0 fully saturated rings. The molecule has 3 aromatic rings. The minimum absolute atomic E-state index is 0.0349. The van der Waals surface area contributed by atoms with Gasteiger partial charge in [-0.2, -0.15) is 0 Å². The van der Waals surface area contributed by atoms with Crippen LogP contribution in [-0.2, 0) is 11.8 Å². The molecule has 0 spiro atoms. The second-order valence-electron chi connectivity index (χ2n) is 5.82. The normalized spacial score (nSPS) is 10.7. The molecule has 2 aromatic carbocycles. The van der Waals surface area contributed by atoms with Crippen molar-refractivity contribution >= 4 is 45.0 Å². The number of thioether (sulfide) groups is 1. The molecule has 29 heavy (non-hydrogen) atoms. The summed E-state index contributed by atoms with van der Waals surface area (Å²) in [5.74, 6) is -0.392. The minimum Gasteiger partial charge on any atom is -0.507 e. The van der Waals surface area contributed by atoms with Crippen LogP contribution in [0.4, 0.5) is 11.4 Å². The first kappa shape index (κ1) is 20.6. The van der Waals surface area contributed by atoms with Crippen molar-refractivity contribution in [1.29, 1.82) is 0 Å². The number of carbonyl (C=O) groups is 1. The molecule has 12 heteroatoms. The molecule has 1 amide bonds. The Morgan fingerprint density at radius 1 is 1.24 bits per heavy atom. The highest BCUT2D eigenvalue weighted by Crippen LogP contribution is 2.32. The van der Waals surface area contributed by atoms with Crippen molar-refractivity contribution in [2.24, 2.45) is 7.05 Å². The summed E-state index contributed by atoms with van der Waals surface area (Å²) in [4.78, 5) is 22.2. The van der Waals surface area contributed by atoms with Gasteiger partial charge in [0.15, 0.2) is 11.0 Å². The fourth-order valence-electron chi connectivity index (χ4n) is 2.42. The summed E-state index contributed by atoms with van der Waals surface area (Å²) < 4.78 is 2.41. The van der Waals surface area contributed by atoms with E-state index < -0.39 is 16.6 Å². The van der Waals surface area contributed by atoms with Crippen LogP contribution < -0.4 is 5.32 Å². The van der Waals surface area contributed by atoms with Gasteiger partial charge < -0.3 is 20.1 Å². The maximum Gasteiger partial charge on any atom is 0.273 e. The van der Waals surface area contributed by atoms with E-state index in [9.17, 15) is 25.1 Å². The number of aromatic hydroxyl groups is 2. The number of nitro groups is 1. The number of hydrogen-bond acceptors (Lipinski definition) is 8. The van der Waals surface area contributed by atoms with Gasteiger partial charge in [0.25, 0.3) is 5.69 Å². The van der Waals surface area contributed by atoms with Crippen molar-refractivity contribution in [3.05, 3.63) is 51.0 Å². The number of anilines is 1. The van der Waals surface area contributed by atoms with Gasteiger partial charge in [0, 0.05) is 17.6 Å². The van der Waals surface area contributed by atoms with E-state index in [0.717, 1.165) is 22.3 Å². The van der Waals surface area contributed by atoms with Gasteiger partial charge in [-0.05, 0) is 24.3 Å². The quantitative estimate of drug-likeness (QED) is 0.211. The molecule has 0 aliphatic heterocycles. The molecule has 0 saturated heterocycles. The Bertz CT molecular complexity index is 1100. The fraction of sp³-hybridized carbons (Fsp3) is 0.118. The second-order valence-corrected chi connectivity index (χ2v) is 7.68. The molecule has 0 atom stereocenters. The number of aromatic nitrogens is 3. The average molecular weight is 480 g/mol. The lowest BCUT2D eigenvalue weighted by atomic mass is 10.2. The fourth-order valence-corrected chi connectivity index (χ4v) is 3.49. The van der Waals surface area contributed by atoms with Crippen molar-refractivity contribution in [2.45, 2.75) is 5.16 Å². The summed E-state index contributed by atoms with van der Waals surface area (Å²) in [5, 5.41) is 41.6. The van der Waals surface area contributed by atoms with Crippen LogP contribution in [-0.4, -0.2) is 41.6 Å². The topological polar surface area (TPSA) is 143 Å². The number of rotatable bonds is 6. The zero-order valence-corrected chi connectivity index (χ0v) is 17.3. The third-order valence-electron chi connectivity index (χ3n) is 3.83. The van der Waals surface area contributed by atoms with E-state index in [1.165, 1.54) is 18.2 Å². The molecule has 3 rings (SSSR count). The van der Waals surface area contributed by atoms with Crippen LogP contribution in [0.2, 0.25) is 0 Å². The maximum atomic E-state index is 12.2. The predicted molar refractivity (Wildman–Crippen MR) is 110 cm³/mol. The summed E-state index contributed by atoms with van der Waals surface area (Å²) in [6.45, 7) is 0. The smallest absolute Gasteiger partial charge is 0.273 e. The van der Waals surface area contributed by atoms with Crippen molar-refractivity contribution in [3.63, 3.8) is 0 Å².